The molecule has 1 fully saturated rings. The van der Waals surface area contributed by atoms with Crippen LogP contribution in [0.3, 0.4) is 0 Å². The van der Waals surface area contributed by atoms with Gasteiger partial charge in [-0.25, -0.2) is 8.42 Å². The Bertz CT molecular complexity index is 660. The lowest BCUT2D eigenvalue weighted by atomic mass is 9.98. The normalized spacial score (nSPS) is 16.3. The molecule has 8 heteroatoms. The number of aromatic amines is 1. The van der Waals surface area contributed by atoms with Gasteiger partial charge in [-0.1, -0.05) is 13.8 Å². The summed E-state index contributed by atoms with van der Waals surface area (Å²) in [5.74, 6) is -0.241. The van der Waals surface area contributed by atoms with E-state index in [2.05, 4.69) is 15.5 Å². The maximum absolute atomic E-state index is 12.4. The molecule has 1 aromatic rings. The molecule has 118 valence electrons. The summed E-state index contributed by atoms with van der Waals surface area (Å²) in [7, 11) is 1.42. The molecule has 0 saturated heterocycles. The fourth-order valence-electron chi connectivity index (χ4n) is 2.40. The van der Waals surface area contributed by atoms with E-state index < -0.39 is 15.0 Å². The van der Waals surface area contributed by atoms with Crippen LogP contribution < -0.4 is 5.32 Å². The van der Waals surface area contributed by atoms with Crippen LogP contribution in [0.15, 0.2) is 4.90 Å². The van der Waals surface area contributed by atoms with Gasteiger partial charge in [-0.05, 0) is 38.5 Å². The third-order valence-corrected chi connectivity index (χ3v) is 5.18. The van der Waals surface area contributed by atoms with Gasteiger partial charge in [0.1, 0.15) is 4.90 Å². The first-order chi connectivity index (χ1) is 9.54. The summed E-state index contributed by atoms with van der Waals surface area (Å²) < 4.78 is 23.6. The molecule has 0 atom stereocenters. The number of H-pyrrole nitrogens is 1. The Hall–Kier alpha value is -1.08. The zero-order valence-corrected chi connectivity index (χ0v) is 14.1. The van der Waals surface area contributed by atoms with Gasteiger partial charge in [0, 0.05) is 16.2 Å². The van der Waals surface area contributed by atoms with Crippen LogP contribution in [0.1, 0.15) is 62.6 Å². The molecule has 0 aromatic carbocycles. The van der Waals surface area contributed by atoms with Gasteiger partial charge in [0.05, 0.1) is 5.69 Å². The Morgan fingerprint density at radius 3 is 2.43 bits per heavy atom. The summed E-state index contributed by atoms with van der Waals surface area (Å²) in [5, 5.41) is 9.34. The summed E-state index contributed by atoms with van der Waals surface area (Å²) >= 11 is 0. The van der Waals surface area contributed by atoms with E-state index in [-0.39, 0.29) is 22.0 Å². The van der Waals surface area contributed by atoms with Gasteiger partial charge in [-0.3, -0.25) is 9.89 Å². The second-order valence-corrected chi connectivity index (χ2v) is 8.86. The number of hydrogen-bond donors (Lipinski definition) is 2. The highest BCUT2D eigenvalue weighted by Crippen LogP contribution is 2.39. The van der Waals surface area contributed by atoms with Crippen LogP contribution in [0.4, 0.5) is 0 Å². The Kier molecular flexibility index (Phi) is 4.10. The topological polar surface area (TPSA) is 91.9 Å². The maximum atomic E-state index is 12.4. The van der Waals surface area contributed by atoms with Crippen LogP contribution in [0.25, 0.3) is 0 Å². The second kappa shape index (κ2) is 5.28. The molecule has 0 spiro atoms. The van der Waals surface area contributed by atoms with E-state index >= 15 is 0 Å². The highest BCUT2D eigenvalue weighted by atomic mass is 35.7. The standard InChI is InChI=1S/C13H20ClN3O3S/c1-7(2)9-11(21(14,19)20)10(17-16-9)12(18)15-13(3,4)8-5-6-8/h7-8H,5-6H2,1-4H3,(H,15,18)(H,16,17). The number of nitrogens with one attached hydrogen (secondary N) is 2. The van der Waals surface area contributed by atoms with Crippen molar-refractivity contribution in [2.24, 2.45) is 5.92 Å². The van der Waals surface area contributed by atoms with E-state index in [1.165, 1.54) is 0 Å². The largest absolute Gasteiger partial charge is 0.345 e. The highest BCUT2D eigenvalue weighted by Gasteiger charge is 2.40. The molecule has 6 nitrogen and oxygen atoms in total. The number of carbonyl (C=O) groups is 1. The predicted molar refractivity (Wildman–Crippen MR) is 80.0 cm³/mol. The van der Waals surface area contributed by atoms with Crippen molar-refractivity contribution in [2.45, 2.75) is 56.9 Å². The summed E-state index contributed by atoms with van der Waals surface area (Å²) in [6.07, 6.45) is 2.12. The van der Waals surface area contributed by atoms with Crippen molar-refractivity contribution >= 4 is 25.6 Å². The highest BCUT2D eigenvalue weighted by molar-refractivity contribution is 8.13. The molecule has 1 aromatic heterocycles. The first-order valence-corrected chi connectivity index (χ1v) is 9.20. The molecule has 0 unspecified atom stereocenters. The second-order valence-electron chi connectivity index (χ2n) is 6.36. The van der Waals surface area contributed by atoms with E-state index in [1.807, 2.05) is 13.8 Å². The minimum atomic E-state index is -4.05. The summed E-state index contributed by atoms with van der Waals surface area (Å²) in [6, 6.07) is 0. The Morgan fingerprint density at radius 2 is 2.00 bits per heavy atom. The number of rotatable bonds is 5. The van der Waals surface area contributed by atoms with Crippen molar-refractivity contribution in [3.63, 3.8) is 0 Å². The van der Waals surface area contributed by atoms with Gasteiger partial charge in [0.15, 0.2) is 5.69 Å². The first-order valence-electron chi connectivity index (χ1n) is 6.89. The molecule has 0 radical (unpaired) electrons. The number of halogens is 1. The fraction of sp³-hybridized carbons (Fsp3) is 0.692. The van der Waals surface area contributed by atoms with Gasteiger partial charge in [0.2, 0.25) is 0 Å². The Morgan fingerprint density at radius 1 is 1.43 bits per heavy atom. The molecule has 1 saturated carbocycles. The van der Waals surface area contributed by atoms with Crippen LogP contribution in [-0.4, -0.2) is 30.1 Å². The monoisotopic (exact) mass is 333 g/mol. The SMILES string of the molecule is CC(C)c1[nH]nc(C(=O)NC(C)(C)C2CC2)c1S(=O)(=O)Cl. The third kappa shape index (κ3) is 3.40. The summed E-state index contributed by atoms with van der Waals surface area (Å²) in [6.45, 7) is 7.45. The van der Waals surface area contributed by atoms with Gasteiger partial charge in [0.25, 0.3) is 15.0 Å². The number of hydrogen-bond acceptors (Lipinski definition) is 4. The molecule has 0 aliphatic heterocycles. The van der Waals surface area contributed by atoms with Crippen molar-refractivity contribution in [1.82, 2.24) is 15.5 Å². The number of nitrogens with zero attached hydrogens (tertiary/aromatic N) is 1. The molecule has 1 amide bonds. The van der Waals surface area contributed by atoms with E-state index in [0.717, 1.165) is 12.8 Å². The molecule has 1 aliphatic carbocycles. The number of aromatic nitrogens is 2. The Balaban J connectivity index is 2.37. The first kappa shape index (κ1) is 16.3. The van der Waals surface area contributed by atoms with Crippen molar-refractivity contribution < 1.29 is 13.2 Å². The average Bonchev–Trinajstić information content (AvgIpc) is 3.05. The van der Waals surface area contributed by atoms with Gasteiger partial charge < -0.3 is 5.32 Å². The lowest BCUT2D eigenvalue weighted by Crippen LogP contribution is -2.45. The van der Waals surface area contributed by atoms with Crippen molar-refractivity contribution in [1.29, 1.82) is 0 Å². The predicted octanol–water partition coefficient (Wildman–Crippen LogP) is 2.38. The lowest BCUT2D eigenvalue weighted by molar-refractivity contribution is 0.0894. The minimum Gasteiger partial charge on any atom is -0.345 e. The van der Waals surface area contributed by atoms with Crippen LogP contribution in [0, 0.1) is 5.92 Å². The molecule has 2 N–H and O–H groups in total. The van der Waals surface area contributed by atoms with Gasteiger partial charge >= 0.3 is 0 Å². The molecule has 1 heterocycles. The molecule has 2 rings (SSSR count). The maximum Gasteiger partial charge on any atom is 0.273 e. The zero-order chi connectivity index (χ0) is 16.0. The Labute approximate surface area is 129 Å². The van der Waals surface area contributed by atoms with E-state index in [4.69, 9.17) is 10.7 Å². The molecule has 1 aliphatic rings. The van der Waals surface area contributed by atoms with Crippen molar-refractivity contribution in [3.8, 4) is 0 Å². The van der Waals surface area contributed by atoms with E-state index in [1.54, 1.807) is 13.8 Å². The minimum absolute atomic E-state index is 0.140. The van der Waals surface area contributed by atoms with E-state index in [9.17, 15) is 13.2 Å². The smallest absolute Gasteiger partial charge is 0.273 e. The lowest BCUT2D eigenvalue weighted by Gasteiger charge is -2.25. The quantitative estimate of drug-likeness (QED) is 0.809. The third-order valence-electron chi connectivity index (χ3n) is 3.82. The van der Waals surface area contributed by atoms with Crippen LogP contribution >= 0.6 is 10.7 Å². The van der Waals surface area contributed by atoms with Crippen molar-refractivity contribution in [2.75, 3.05) is 0 Å². The van der Waals surface area contributed by atoms with Crippen molar-refractivity contribution in [3.05, 3.63) is 11.4 Å². The molecule has 21 heavy (non-hydrogen) atoms. The zero-order valence-electron chi connectivity index (χ0n) is 12.5. The summed E-state index contributed by atoms with van der Waals surface area (Å²) in [4.78, 5) is 12.2. The van der Waals surface area contributed by atoms with Crippen LogP contribution in [-0.2, 0) is 9.05 Å². The van der Waals surface area contributed by atoms with Gasteiger partial charge in [-0.2, -0.15) is 5.10 Å². The van der Waals surface area contributed by atoms with E-state index in [0.29, 0.717) is 11.6 Å². The number of carbonyl (C=O) groups excluding carboxylic acids is 1. The average molecular weight is 334 g/mol. The molecular formula is C13H20ClN3O3S. The number of amides is 1. The molecule has 0 bridgehead atoms. The van der Waals surface area contributed by atoms with Gasteiger partial charge in [-0.15, -0.1) is 0 Å². The summed E-state index contributed by atoms with van der Waals surface area (Å²) in [5.41, 5.74) is -0.205. The van der Waals surface area contributed by atoms with Crippen LogP contribution in [0.2, 0.25) is 0 Å². The molecular weight excluding hydrogens is 314 g/mol. The fourth-order valence-corrected chi connectivity index (χ4v) is 3.78. The van der Waals surface area contributed by atoms with Crippen LogP contribution in [0.5, 0.6) is 0 Å².